The summed E-state index contributed by atoms with van der Waals surface area (Å²) in [5, 5.41) is 45.2. The van der Waals surface area contributed by atoms with Gasteiger partial charge in [-0.15, -0.1) is 0 Å². The first-order valence-corrected chi connectivity index (χ1v) is 9.67. The minimum absolute atomic E-state index is 0.00985. The van der Waals surface area contributed by atoms with Gasteiger partial charge in [0.15, 0.2) is 0 Å². The lowest BCUT2D eigenvalue weighted by Gasteiger charge is -2.47. The fourth-order valence-corrected chi connectivity index (χ4v) is 3.83. The number of aliphatic carboxylic acids is 5. The molecular weight excluding hydrogens is 418 g/mol. The van der Waals surface area contributed by atoms with Gasteiger partial charge in [-0.25, -0.2) is 0 Å². The van der Waals surface area contributed by atoms with E-state index in [1.807, 2.05) is 0 Å². The van der Waals surface area contributed by atoms with Crippen molar-refractivity contribution in [1.29, 1.82) is 0 Å². The van der Waals surface area contributed by atoms with Crippen LogP contribution >= 0.6 is 0 Å². The van der Waals surface area contributed by atoms with Crippen LogP contribution in [0.15, 0.2) is 0 Å². The second kappa shape index (κ2) is 12.2. The van der Waals surface area contributed by atoms with Gasteiger partial charge in [0, 0.05) is 26.2 Å². The van der Waals surface area contributed by atoms with Crippen LogP contribution in [0.25, 0.3) is 0 Å². The molecule has 1 fully saturated rings. The largest absolute Gasteiger partial charge is 0.480 e. The van der Waals surface area contributed by atoms with Crippen LogP contribution in [0.5, 0.6) is 0 Å². The number of carbonyl (C=O) groups is 5. The third kappa shape index (κ3) is 10.7. The first-order chi connectivity index (χ1) is 14.4. The van der Waals surface area contributed by atoms with Crippen LogP contribution in [-0.2, 0) is 24.0 Å². The van der Waals surface area contributed by atoms with Gasteiger partial charge >= 0.3 is 29.8 Å². The molecule has 0 amide bonds. The second-order valence-electron chi connectivity index (χ2n) is 7.89. The molecule has 13 heteroatoms. The third-order valence-corrected chi connectivity index (χ3v) is 5.06. The first-order valence-electron chi connectivity index (χ1n) is 9.67. The SMILES string of the molecule is O=C(O)CN(CCN(CC(=O)O)CC1(CN(CC(=O)O)CC(=O)O)CCC1)CC(=O)O. The highest BCUT2D eigenvalue weighted by atomic mass is 16.4. The van der Waals surface area contributed by atoms with Crippen LogP contribution in [-0.4, -0.2) is 129 Å². The predicted octanol–water partition coefficient (Wildman–Crippen LogP) is -1.51. The molecule has 31 heavy (non-hydrogen) atoms. The average Bonchev–Trinajstić information content (AvgIpc) is 2.54. The number of hydrogen-bond acceptors (Lipinski definition) is 8. The molecule has 5 N–H and O–H groups in total. The van der Waals surface area contributed by atoms with E-state index < -0.39 is 61.4 Å². The van der Waals surface area contributed by atoms with E-state index in [0.29, 0.717) is 12.8 Å². The van der Waals surface area contributed by atoms with Crippen molar-refractivity contribution in [3.05, 3.63) is 0 Å². The molecular formula is C18H29N3O10. The van der Waals surface area contributed by atoms with Gasteiger partial charge in [-0.2, -0.15) is 0 Å². The monoisotopic (exact) mass is 447 g/mol. The maximum atomic E-state index is 11.3. The molecule has 1 aliphatic rings. The molecule has 0 bridgehead atoms. The summed E-state index contributed by atoms with van der Waals surface area (Å²) in [7, 11) is 0. The maximum Gasteiger partial charge on any atom is 0.317 e. The van der Waals surface area contributed by atoms with Gasteiger partial charge in [0.25, 0.3) is 0 Å². The Morgan fingerprint density at radius 3 is 1.23 bits per heavy atom. The molecule has 0 aliphatic heterocycles. The predicted molar refractivity (Wildman–Crippen MR) is 104 cm³/mol. The zero-order chi connectivity index (χ0) is 23.6. The summed E-state index contributed by atoms with van der Waals surface area (Å²) < 4.78 is 0. The normalized spacial score (nSPS) is 15.1. The summed E-state index contributed by atoms with van der Waals surface area (Å²) in [6, 6.07) is 0. The Morgan fingerprint density at radius 1 is 0.548 bits per heavy atom. The number of carboxylic acid groups (broad SMARTS) is 5. The lowest BCUT2D eigenvalue weighted by molar-refractivity contribution is -0.145. The van der Waals surface area contributed by atoms with Crippen molar-refractivity contribution in [1.82, 2.24) is 14.7 Å². The van der Waals surface area contributed by atoms with Crippen LogP contribution in [0.4, 0.5) is 0 Å². The van der Waals surface area contributed by atoms with Gasteiger partial charge in [0.1, 0.15) is 0 Å². The number of nitrogens with zero attached hydrogens (tertiary/aromatic N) is 3. The topological polar surface area (TPSA) is 196 Å². The van der Waals surface area contributed by atoms with E-state index in [9.17, 15) is 29.1 Å². The minimum atomic E-state index is -1.21. The van der Waals surface area contributed by atoms with Gasteiger partial charge in [-0.3, -0.25) is 38.7 Å². The second-order valence-corrected chi connectivity index (χ2v) is 7.89. The molecule has 0 spiro atoms. The van der Waals surface area contributed by atoms with Crippen molar-refractivity contribution in [2.45, 2.75) is 19.3 Å². The highest BCUT2D eigenvalue weighted by Crippen LogP contribution is 2.42. The zero-order valence-electron chi connectivity index (χ0n) is 17.1. The van der Waals surface area contributed by atoms with E-state index in [-0.39, 0.29) is 32.7 Å². The van der Waals surface area contributed by atoms with Crippen molar-refractivity contribution in [2.24, 2.45) is 5.41 Å². The van der Waals surface area contributed by atoms with Crippen LogP contribution < -0.4 is 0 Å². The Bertz CT molecular complexity index is 647. The van der Waals surface area contributed by atoms with Crippen molar-refractivity contribution in [3.8, 4) is 0 Å². The van der Waals surface area contributed by atoms with Crippen molar-refractivity contribution in [3.63, 3.8) is 0 Å². The molecule has 0 saturated heterocycles. The van der Waals surface area contributed by atoms with Gasteiger partial charge in [-0.05, 0) is 18.3 Å². The standard InChI is InChI=1S/C18H29N3O10/c22-13(23)6-19(7-14(24)25)4-5-20(8-15(26)27)11-18(2-1-3-18)12-21(9-16(28)29)10-17(30)31/h1-12H2,(H,22,23)(H,24,25)(H,26,27)(H,28,29)(H,30,31). The molecule has 1 rings (SSSR count). The van der Waals surface area contributed by atoms with Crippen LogP contribution in [0, 0.1) is 5.41 Å². The summed E-state index contributed by atoms with van der Waals surface area (Å²) in [5.74, 6) is -5.88. The molecule has 0 heterocycles. The van der Waals surface area contributed by atoms with Crippen LogP contribution in [0.1, 0.15) is 19.3 Å². The molecule has 1 saturated carbocycles. The lowest BCUT2D eigenvalue weighted by Crippen LogP contribution is -2.53. The highest BCUT2D eigenvalue weighted by molar-refractivity contribution is 5.73. The Balaban J connectivity index is 2.87. The highest BCUT2D eigenvalue weighted by Gasteiger charge is 2.40. The Kier molecular flexibility index (Phi) is 10.3. The smallest absolute Gasteiger partial charge is 0.317 e. The number of hydrogen-bond donors (Lipinski definition) is 5. The Morgan fingerprint density at radius 2 is 0.871 bits per heavy atom. The lowest BCUT2D eigenvalue weighted by atomic mass is 9.68. The van der Waals surface area contributed by atoms with Gasteiger partial charge in [-0.1, -0.05) is 6.42 Å². The molecule has 13 nitrogen and oxygen atoms in total. The van der Waals surface area contributed by atoms with Gasteiger partial charge in [0.05, 0.1) is 32.7 Å². The first kappa shape index (κ1) is 26.3. The quantitative estimate of drug-likeness (QED) is 0.173. The summed E-state index contributed by atoms with van der Waals surface area (Å²) in [5.41, 5.74) is -0.495. The zero-order valence-corrected chi connectivity index (χ0v) is 17.1. The van der Waals surface area contributed by atoms with E-state index in [4.69, 9.17) is 20.4 Å². The Hall–Kier alpha value is -2.77. The van der Waals surface area contributed by atoms with E-state index >= 15 is 0 Å². The third-order valence-electron chi connectivity index (χ3n) is 5.06. The van der Waals surface area contributed by atoms with E-state index in [0.717, 1.165) is 6.42 Å². The molecule has 176 valence electrons. The molecule has 0 aromatic heterocycles. The average molecular weight is 447 g/mol. The van der Waals surface area contributed by atoms with E-state index in [1.54, 1.807) is 4.90 Å². The van der Waals surface area contributed by atoms with Gasteiger partial charge < -0.3 is 25.5 Å². The summed E-state index contributed by atoms with van der Waals surface area (Å²) in [4.78, 5) is 59.4. The van der Waals surface area contributed by atoms with E-state index in [2.05, 4.69) is 0 Å². The summed E-state index contributed by atoms with van der Waals surface area (Å²) in [6.45, 7) is -1.81. The van der Waals surface area contributed by atoms with Gasteiger partial charge in [0.2, 0.25) is 0 Å². The molecule has 0 radical (unpaired) electrons. The summed E-state index contributed by atoms with van der Waals surface area (Å²) >= 11 is 0. The van der Waals surface area contributed by atoms with Crippen molar-refractivity contribution < 1.29 is 49.5 Å². The molecule has 0 aromatic carbocycles. The minimum Gasteiger partial charge on any atom is -0.480 e. The Labute approximate surface area is 178 Å². The van der Waals surface area contributed by atoms with Crippen molar-refractivity contribution >= 4 is 29.8 Å². The van der Waals surface area contributed by atoms with Crippen LogP contribution in [0.2, 0.25) is 0 Å². The number of carboxylic acids is 5. The van der Waals surface area contributed by atoms with E-state index in [1.165, 1.54) is 9.80 Å². The number of rotatable bonds is 17. The maximum absolute atomic E-state index is 11.3. The molecule has 1 aliphatic carbocycles. The fraction of sp³-hybridized carbons (Fsp3) is 0.722. The van der Waals surface area contributed by atoms with Crippen molar-refractivity contribution in [2.75, 3.05) is 58.9 Å². The fourth-order valence-electron chi connectivity index (χ4n) is 3.83. The van der Waals surface area contributed by atoms with Crippen LogP contribution in [0.3, 0.4) is 0 Å². The molecule has 0 atom stereocenters. The molecule has 0 unspecified atom stereocenters. The molecule has 0 aromatic rings. The summed E-state index contributed by atoms with van der Waals surface area (Å²) in [6.07, 6.45) is 2.15.